The Labute approximate surface area is 234 Å². The average molecular weight is 565 g/mol. The summed E-state index contributed by atoms with van der Waals surface area (Å²) in [4.78, 5) is 28.8. The lowest BCUT2D eigenvalue weighted by Crippen LogP contribution is -2.61. The fourth-order valence-electron chi connectivity index (χ4n) is 4.70. The zero-order valence-electron chi connectivity index (χ0n) is 23.5. The number of rotatable bonds is 8. The molecule has 1 aliphatic heterocycles. The Balaban J connectivity index is 1.55. The average Bonchev–Trinajstić information content (AvgIpc) is 3.38. The molecule has 0 N–H and O–H groups in total. The van der Waals surface area contributed by atoms with Gasteiger partial charge >= 0.3 is 6.03 Å². The van der Waals surface area contributed by atoms with E-state index in [9.17, 15) is 9.59 Å². The Kier molecular flexibility index (Phi) is 8.56. The predicted molar refractivity (Wildman–Crippen MR) is 152 cm³/mol. The van der Waals surface area contributed by atoms with Gasteiger partial charge in [0.15, 0.2) is 11.6 Å². The Hall–Kier alpha value is -3.81. The smallest absolute Gasteiger partial charge is 0.332 e. The second-order valence-corrected chi connectivity index (χ2v) is 16.8. The molecule has 0 saturated carbocycles. The summed E-state index contributed by atoms with van der Waals surface area (Å²) < 4.78 is 37.8. The molecule has 3 aromatic rings. The molecule has 1 fully saturated rings. The molecule has 0 unspecified atom stereocenters. The van der Waals surface area contributed by atoms with E-state index in [0.29, 0.717) is 29.1 Å². The van der Waals surface area contributed by atoms with Gasteiger partial charge in [0.05, 0.1) is 18.2 Å². The normalized spacial score (nSPS) is 17.7. The lowest BCUT2D eigenvalue weighted by Gasteiger charge is -2.46. The molecule has 1 saturated heterocycles. The largest absolute Gasteiger partial charge is 0.360 e. The molecule has 1 aromatic heterocycles. The van der Waals surface area contributed by atoms with Crippen LogP contribution in [0.2, 0.25) is 25.7 Å². The molecule has 0 spiro atoms. The monoisotopic (exact) mass is 564 g/mol. The number of carbonyl (C=O) groups excluding carboxylic acids is 2. The molecule has 4 rings (SSSR count). The second-order valence-electron chi connectivity index (χ2n) is 11.2. The lowest BCUT2D eigenvalue weighted by atomic mass is 9.82. The predicted octanol–water partition coefficient (Wildman–Crippen LogP) is 5.97. The third kappa shape index (κ3) is 6.16. The first-order chi connectivity index (χ1) is 18.9. The zero-order chi connectivity index (χ0) is 29.1. The van der Waals surface area contributed by atoms with Crippen LogP contribution < -0.4 is 4.90 Å². The van der Waals surface area contributed by atoms with E-state index in [1.807, 2.05) is 25.1 Å². The molecular weight excluding hydrogens is 530 g/mol. The number of ether oxygens (including phenoxy) is 1. The number of benzene rings is 2. The second kappa shape index (κ2) is 11.7. The third-order valence-corrected chi connectivity index (χ3v) is 8.86. The van der Waals surface area contributed by atoms with E-state index in [2.05, 4.69) is 36.6 Å². The maximum absolute atomic E-state index is 15.2. The van der Waals surface area contributed by atoms with Crippen molar-refractivity contribution in [2.75, 3.05) is 18.6 Å². The minimum atomic E-state index is -1.22. The number of nitrogens with zero attached hydrogens (tertiary/aromatic N) is 4. The molecule has 2 heterocycles. The van der Waals surface area contributed by atoms with Gasteiger partial charge in [-0.25, -0.2) is 23.2 Å². The molecule has 2 aromatic carbocycles. The number of imide groups is 1. The van der Waals surface area contributed by atoms with Gasteiger partial charge in [0.2, 0.25) is 5.91 Å². The van der Waals surface area contributed by atoms with Crippen LogP contribution in [-0.4, -0.2) is 48.3 Å². The summed E-state index contributed by atoms with van der Waals surface area (Å²) in [5.41, 5.74) is -0.290. The number of anilines is 1. The Morgan fingerprint density at radius 2 is 1.70 bits per heavy atom. The van der Waals surface area contributed by atoms with Gasteiger partial charge in [0.25, 0.3) is 0 Å². The van der Waals surface area contributed by atoms with E-state index < -0.39 is 42.9 Å². The Morgan fingerprint density at radius 3 is 2.33 bits per heavy atom. The quantitative estimate of drug-likeness (QED) is 0.192. The van der Waals surface area contributed by atoms with Gasteiger partial charge in [0.1, 0.15) is 12.4 Å². The molecule has 10 heteroatoms. The Bertz CT molecular complexity index is 1440. The summed E-state index contributed by atoms with van der Waals surface area (Å²) in [6, 6.07) is 11.3. The number of hydrogen-bond acceptors (Lipinski definition) is 4. The van der Waals surface area contributed by atoms with Crippen LogP contribution in [0.1, 0.15) is 36.5 Å². The number of aromatic nitrogens is 2. The highest BCUT2D eigenvalue weighted by Gasteiger charge is 2.50. The minimum Gasteiger partial charge on any atom is -0.360 e. The van der Waals surface area contributed by atoms with E-state index in [4.69, 9.17) is 4.74 Å². The van der Waals surface area contributed by atoms with Crippen molar-refractivity contribution in [1.82, 2.24) is 14.7 Å². The molecule has 210 valence electrons. The van der Waals surface area contributed by atoms with E-state index in [-0.39, 0.29) is 18.7 Å². The molecule has 40 heavy (non-hydrogen) atoms. The van der Waals surface area contributed by atoms with Gasteiger partial charge in [-0.3, -0.25) is 4.79 Å². The fourth-order valence-corrected chi connectivity index (χ4v) is 5.45. The SMILES string of the molecule is CC[C@@]1(c2cnn(COCC[Si](C)(C)C)c2)CC(=O)N(c2c(F)cc(C#Cc3ccccc3)cc2F)C(=O)N1C. The highest BCUT2D eigenvalue weighted by molar-refractivity contribution is 6.76. The maximum Gasteiger partial charge on any atom is 0.332 e. The van der Waals surface area contributed by atoms with Crippen molar-refractivity contribution in [3.8, 4) is 11.8 Å². The van der Waals surface area contributed by atoms with E-state index in [1.165, 1.54) is 11.9 Å². The van der Waals surface area contributed by atoms with Gasteiger partial charge in [-0.05, 0) is 36.7 Å². The van der Waals surface area contributed by atoms with Crippen molar-refractivity contribution in [3.05, 3.63) is 83.2 Å². The van der Waals surface area contributed by atoms with Crippen molar-refractivity contribution in [1.29, 1.82) is 0 Å². The summed E-state index contributed by atoms with van der Waals surface area (Å²) in [5.74, 6) is 2.79. The van der Waals surface area contributed by atoms with Gasteiger partial charge in [0, 0.05) is 44.6 Å². The molecule has 0 aliphatic carbocycles. The van der Waals surface area contributed by atoms with Gasteiger partial charge in [-0.1, -0.05) is 56.6 Å². The molecule has 0 bridgehead atoms. The summed E-state index contributed by atoms with van der Waals surface area (Å²) in [6.07, 6.45) is 3.60. The van der Waals surface area contributed by atoms with Crippen molar-refractivity contribution < 1.29 is 23.1 Å². The third-order valence-electron chi connectivity index (χ3n) is 7.15. The number of carbonyl (C=O) groups is 2. The summed E-state index contributed by atoms with van der Waals surface area (Å²) in [5, 5.41) is 4.36. The maximum atomic E-state index is 15.2. The number of amides is 3. The van der Waals surface area contributed by atoms with Crippen molar-refractivity contribution >= 4 is 25.7 Å². The van der Waals surface area contributed by atoms with Crippen LogP contribution in [0.5, 0.6) is 0 Å². The first-order valence-electron chi connectivity index (χ1n) is 13.2. The highest BCUT2D eigenvalue weighted by atomic mass is 28.3. The standard InChI is InChI=1S/C30H34F2N4O3Si/c1-6-30(24-19-33-35(20-24)21-39-14-15-40(3,4)5)18-27(37)36(29(38)34(30)2)28-25(31)16-23(17-26(28)32)13-12-22-10-8-7-9-11-22/h7-11,16-17,19-20H,6,14-15,18,21H2,1-5H3/t30-/m0/s1. The van der Waals surface area contributed by atoms with Crippen LogP contribution in [0.4, 0.5) is 19.3 Å². The van der Waals surface area contributed by atoms with Crippen LogP contribution >= 0.6 is 0 Å². The molecular formula is C30H34F2N4O3Si. The molecule has 1 atom stereocenters. The van der Waals surface area contributed by atoms with Crippen molar-refractivity contribution in [2.24, 2.45) is 0 Å². The van der Waals surface area contributed by atoms with Crippen LogP contribution in [0.3, 0.4) is 0 Å². The van der Waals surface area contributed by atoms with Crippen LogP contribution in [0.15, 0.2) is 54.9 Å². The summed E-state index contributed by atoms with van der Waals surface area (Å²) in [7, 11) is 0.306. The fraction of sp³-hybridized carbons (Fsp3) is 0.367. The molecule has 3 amide bonds. The Morgan fingerprint density at radius 1 is 1.05 bits per heavy atom. The van der Waals surface area contributed by atoms with Crippen LogP contribution in [0, 0.1) is 23.5 Å². The first-order valence-corrected chi connectivity index (χ1v) is 16.9. The topological polar surface area (TPSA) is 67.7 Å². The van der Waals surface area contributed by atoms with Crippen LogP contribution in [-0.2, 0) is 21.8 Å². The first kappa shape index (κ1) is 29.2. The summed E-state index contributed by atoms with van der Waals surface area (Å²) in [6.45, 7) is 9.55. The minimum absolute atomic E-state index is 0.0928. The van der Waals surface area contributed by atoms with E-state index in [1.54, 1.807) is 29.2 Å². The van der Waals surface area contributed by atoms with E-state index >= 15 is 8.78 Å². The van der Waals surface area contributed by atoms with E-state index in [0.717, 1.165) is 18.2 Å². The van der Waals surface area contributed by atoms with Gasteiger partial charge < -0.3 is 9.64 Å². The van der Waals surface area contributed by atoms with Gasteiger partial charge in [-0.2, -0.15) is 5.10 Å². The molecule has 0 radical (unpaired) electrons. The van der Waals surface area contributed by atoms with Crippen molar-refractivity contribution in [2.45, 2.75) is 57.7 Å². The van der Waals surface area contributed by atoms with Crippen molar-refractivity contribution in [3.63, 3.8) is 0 Å². The zero-order valence-corrected chi connectivity index (χ0v) is 24.5. The van der Waals surface area contributed by atoms with Crippen LogP contribution in [0.25, 0.3) is 0 Å². The lowest BCUT2D eigenvalue weighted by molar-refractivity contribution is -0.122. The number of halogens is 2. The highest BCUT2D eigenvalue weighted by Crippen LogP contribution is 2.41. The number of urea groups is 1. The summed E-state index contributed by atoms with van der Waals surface area (Å²) >= 11 is 0. The molecule has 1 aliphatic rings. The van der Waals surface area contributed by atoms with Gasteiger partial charge in [-0.15, -0.1) is 0 Å². The molecule has 7 nitrogen and oxygen atoms in total. The number of hydrogen-bond donors (Lipinski definition) is 0.